The summed E-state index contributed by atoms with van der Waals surface area (Å²) in [6, 6.07) is 6.66. The Morgan fingerprint density at radius 2 is 2.12 bits per heavy atom. The van der Waals surface area contributed by atoms with Crippen molar-refractivity contribution in [1.82, 2.24) is 5.32 Å². The molecular formula is C18H21N3O4S. The number of carbonyl (C=O) groups excluding carboxylic acids is 3. The van der Waals surface area contributed by atoms with E-state index in [1.807, 2.05) is 0 Å². The second-order valence-electron chi connectivity index (χ2n) is 6.26. The molecule has 0 aromatic heterocycles. The summed E-state index contributed by atoms with van der Waals surface area (Å²) in [6.07, 6.45) is 2.22. The topological polar surface area (TPSA) is 96.9 Å². The fraction of sp³-hybridized carbons (Fsp3) is 0.444. The number of hydrogen-bond acceptors (Lipinski definition) is 6. The molecule has 1 aromatic carbocycles. The Labute approximate surface area is 156 Å². The first-order valence-electron chi connectivity index (χ1n) is 8.55. The highest BCUT2D eigenvalue weighted by Gasteiger charge is 2.32. The second kappa shape index (κ2) is 8.46. The van der Waals surface area contributed by atoms with E-state index in [0.29, 0.717) is 23.0 Å². The van der Waals surface area contributed by atoms with Crippen molar-refractivity contribution < 1.29 is 19.1 Å². The molecule has 26 heavy (non-hydrogen) atoms. The zero-order chi connectivity index (χ0) is 18.5. The zero-order valence-electron chi connectivity index (χ0n) is 14.5. The molecule has 7 nitrogen and oxygen atoms in total. The third-order valence-electron chi connectivity index (χ3n) is 4.18. The van der Waals surface area contributed by atoms with Gasteiger partial charge in [0.2, 0.25) is 11.8 Å². The number of benzene rings is 1. The van der Waals surface area contributed by atoms with Crippen LogP contribution in [0.25, 0.3) is 0 Å². The van der Waals surface area contributed by atoms with Crippen LogP contribution in [0.2, 0.25) is 0 Å². The van der Waals surface area contributed by atoms with Gasteiger partial charge in [0.05, 0.1) is 12.6 Å². The molecule has 2 aliphatic rings. The van der Waals surface area contributed by atoms with Gasteiger partial charge in [0.15, 0.2) is 11.0 Å². The highest BCUT2D eigenvalue weighted by molar-refractivity contribution is 8.15. The number of thioether (sulfide) groups is 1. The van der Waals surface area contributed by atoms with Crippen LogP contribution in [0.5, 0.6) is 0 Å². The van der Waals surface area contributed by atoms with Crippen molar-refractivity contribution in [1.29, 1.82) is 0 Å². The average molecular weight is 375 g/mol. The average Bonchev–Trinajstić information content (AvgIpc) is 3.23. The third kappa shape index (κ3) is 4.92. The van der Waals surface area contributed by atoms with E-state index in [2.05, 4.69) is 15.6 Å². The molecule has 2 amide bonds. The van der Waals surface area contributed by atoms with Crippen LogP contribution in [0.1, 0.15) is 36.5 Å². The lowest BCUT2D eigenvalue weighted by molar-refractivity contribution is -0.122. The first kappa shape index (κ1) is 18.6. The summed E-state index contributed by atoms with van der Waals surface area (Å²) < 4.78 is 5.51. The maximum atomic E-state index is 12.2. The molecule has 0 saturated carbocycles. The van der Waals surface area contributed by atoms with Crippen LogP contribution in [0.4, 0.5) is 5.69 Å². The van der Waals surface area contributed by atoms with Crippen molar-refractivity contribution in [3.8, 4) is 0 Å². The van der Waals surface area contributed by atoms with Gasteiger partial charge in [0.25, 0.3) is 0 Å². The van der Waals surface area contributed by atoms with Crippen LogP contribution in [-0.4, -0.2) is 47.3 Å². The van der Waals surface area contributed by atoms with Gasteiger partial charge in [-0.25, -0.2) is 0 Å². The summed E-state index contributed by atoms with van der Waals surface area (Å²) in [4.78, 5) is 39.8. The van der Waals surface area contributed by atoms with E-state index < -0.39 is 5.25 Å². The van der Waals surface area contributed by atoms with Crippen LogP contribution in [0.3, 0.4) is 0 Å². The number of ether oxygens (including phenoxy) is 1. The Balaban J connectivity index is 1.49. The van der Waals surface area contributed by atoms with Gasteiger partial charge >= 0.3 is 0 Å². The highest BCUT2D eigenvalue weighted by atomic mass is 32.2. The molecule has 0 spiro atoms. The summed E-state index contributed by atoms with van der Waals surface area (Å²) in [7, 11) is 0. The molecule has 0 aliphatic carbocycles. The molecule has 2 aliphatic heterocycles. The van der Waals surface area contributed by atoms with E-state index in [-0.39, 0.29) is 30.1 Å². The van der Waals surface area contributed by atoms with Crippen molar-refractivity contribution in [2.45, 2.75) is 37.5 Å². The molecule has 2 fully saturated rings. The van der Waals surface area contributed by atoms with E-state index in [9.17, 15) is 14.4 Å². The molecule has 2 unspecified atom stereocenters. The van der Waals surface area contributed by atoms with Gasteiger partial charge < -0.3 is 15.4 Å². The number of amides is 2. The number of nitrogens with one attached hydrogen (secondary N) is 2. The minimum Gasteiger partial charge on any atom is -0.376 e. The number of aliphatic imine (C=N–C) groups is 1. The summed E-state index contributed by atoms with van der Waals surface area (Å²) in [6.45, 7) is 2.79. The molecule has 2 saturated heterocycles. The number of ketones is 1. The molecule has 2 heterocycles. The van der Waals surface area contributed by atoms with Gasteiger partial charge in [0, 0.05) is 24.3 Å². The molecule has 0 radical (unpaired) electrons. The van der Waals surface area contributed by atoms with Gasteiger partial charge in [-0.3, -0.25) is 19.4 Å². The predicted molar refractivity (Wildman–Crippen MR) is 100 cm³/mol. The van der Waals surface area contributed by atoms with Crippen LogP contribution >= 0.6 is 11.8 Å². The van der Waals surface area contributed by atoms with Crippen molar-refractivity contribution in [2.75, 3.05) is 18.5 Å². The molecule has 8 heteroatoms. The molecule has 2 N–H and O–H groups in total. The third-order valence-corrected chi connectivity index (χ3v) is 5.30. The zero-order valence-corrected chi connectivity index (χ0v) is 15.3. The van der Waals surface area contributed by atoms with E-state index in [0.717, 1.165) is 19.4 Å². The molecule has 2 atom stereocenters. The lowest BCUT2D eigenvalue weighted by Crippen LogP contribution is -2.28. The smallest absolute Gasteiger partial charge is 0.240 e. The number of amidine groups is 1. The monoisotopic (exact) mass is 375 g/mol. The first-order chi connectivity index (χ1) is 12.5. The Morgan fingerprint density at radius 3 is 2.77 bits per heavy atom. The van der Waals surface area contributed by atoms with Gasteiger partial charge in [-0.2, -0.15) is 0 Å². The SMILES string of the molecule is CC(=O)c1ccc(NC(=O)CC2SC(=NCC3CCCO3)NC2=O)cc1. The van der Waals surface area contributed by atoms with Crippen molar-refractivity contribution in [3.63, 3.8) is 0 Å². The summed E-state index contributed by atoms with van der Waals surface area (Å²) >= 11 is 1.28. The first-order valence-corrected chi connectivity index (χ1v) is 9.43. The number of Topliss-reactive ketones (excluding diaryl/α,β-unsaturated/α-hetero) is 1. The van der Waals surface area contributed by atoms with E-state index >= 15 is 0 Å². The van der Waals surface area contributed by atoms with Crippen LogP contribution in [-0.2, 0) is 14.3 Å². The molecular weight excluding hydrogens is 354 g/mol. The number of anilines is 1. The minimum absolute atomic E-state index is 0.0308. The Hall–Kier alpha value is -2.19. The van der Waals surface area contributed by atoms with Crippen molar-refractivity contribution in [2.24, 2.45) is 4.99 Å². The van der Waals surface area contributed by atoms with Gasteiger partial charge in [0.1, 0.15) is 5.25 Å². The predicted octanol–water partition coefficient (Wildman–Crippen LogP) is 1.98. The normalized spacial score (nSPS) is 23.9. The second-order valence-corrected chi connectivity index (χ2v) is 7.45. The number of hydrogen-bond donors (Lipinski definition) is 2. The van der Waals surface area contributed by atoms with Crippen molar-refractivity contribution in [3.05, 3.63) is 29.8 Å². The summed E-state index contributed by atoms with van der Waals surface area (Å²) in [5, 5.41) is 5.52. The summed E-state index contributed by atoms with van der Waals surface area (Å²) in [5.41, 5.74) is 1.18. The molecule has 0 bridgehead atoms. The fourth-order valence-electron chi connectivity index (χ4n) is 2.76. The van der Waals surface area contributed by atoms with Crippen molar-refractivity contribution >= 4 is 40.2 Å². The quantitative estimate of drug-likeness (QED) is 0.741. The van der Waals surface area contributed by atoms with Gasteiger partial charge in [-0.1, -0.05) is 11.8 Å². The lowest BCUT2D eigenvalue weighted by Gasteiger charge is -2.08. The fourth-order valence-corrected chi connectivity index (χ4v) is 3.74. The number of rotatable bonds is 6. The van der Waals surface area contributed by atoms with E-state index in [1.165, 1.54) is 18.7 Å². The van der Waals surface area contributed by atoms with E-state index in [1.54, 1.807) is 24.3 Å². The Bertz CT molecular complexity index is 726. The van der Waals surface area contributed by atoms with Crippen LogP contribution in [0.15, 0.2) is 29.3 Å². The maximum absolute atomic E-state index is 12.2. The molecule has 3 rings (SSSR count). The number of nitrogens with zero attached hydrogens (tertiary/aromatic N) is 1. The van der Waals surface area contributed by atoms with Crippen LogP contribution < -0.4 is 10.6 Å². The number of carbonyl (C=O) groups is 3. The molecule has 138 valence electrons. The van der Waals surface area contributed by atoms with E-state index in [4.69, 9.17) is 4.74 Å². The lowest BCUT2D eigenvalue weighted by atomic mass is 10.1. The largest absolute Gasteiger partial charge is 0.376 e. The van der Waals surface area contributed by atoms with Crippen LogP contribution in [0, 0.1) is 0 Å². The van der Waals surface area contributed by atoms with Gasteiger partial charge in [-0.05, 0) is 44.0 Å². The minimum atomic E-state index is -0.491. The Morgan fingerprint density at radius 1 is 1.35 bits per heavy atom. The maximum Gasteiger partial charge on any atom is 0.240 e. The standard InChI is InChI=1S/C18H21N3O4S/c1-11(22)12-4-6-13(7-5-12)20-16(23)9-15-17(24)21-18(26-15)19-10-14-3-2-8-25-14/h4-7,14-15H,2-3,8-10H2,1H3,(H,20,23)(H,19,21,24). The van der Waals surface area contributed by atoms with Gasteiger partial charge in [-0.15, -0.1) is 0 Å². The summed E-state index contributed by atoms with van der Waals surface area (Å²) in [5.74, 6) is -0.492. The molecule has 1 aromatic rings. The highest BCUT2D eigenvalue weighted by Crippen LogP contribution is 2.24. The Kier molecular flexibility index (Phi) is 6.05.